The fraction of sp³-hybridized carbons (Fsp3) is 0.412. The summed E-state index contributed by atoms with van der Waals surface area (Å²) < 4.78 is 11.4. The highest BCUT2D eigenvalue weighted by molar-refractivity contribution is 9.10. The molecule has 0 fully saturated rings. The van der Waals surface area contributed by atoms with Crippen LogP contribution in [0.2, 0.25) is 0 Å². The van der Waals surface area contributed by atoms with Crippen LogP contribution in [0.5, 0.6) is 0 Å². The number of nitrogens with one attached hydrogen (secondary N) is 1. The summed E-state index contributed by atoms with van der Waals surface area (Å²) in [5.41, 5.74) is 1.38. The molecule has 0 aliphatic carbocycles. The van der Waals surface area contributed by atoms with Gasteiger partial charge in [0.25, 0.3) is 5.91 Å². The molecule has 2 unspecified atom stereocenters. The molecule has 1 aromatic heterocycles. The van der Waals surface area contributed by atoms with E-state index >= 15 is 0 Å². The van der Waals surface area contributed by atoms with E-state index in [1.165, 1.54) is 7.11 Å². The van der Waals surface area contributed by atoms with Crippen molar-refractivity contribution >= 4 is 38.8 Å². The van der Waals surface area contributed by atoms with E-state index in [0.717, 1.165) is 21.8 Å². The molecule has 0 aliphatic heterocycles. The molecule has 2 aromatic rings. The Labute approximate surface area is 143 Å². The Hall–Kier alpha value is -1.82. The minimum absolute atomic E-state index is 0.0368. The van der Waals surface area contributed by atoms with Crippen LogP contribution in [0.25, 0.3) is 11.0 Å². The zero-order valence-corrected chi connectivity index (χ0v) is 15.2. The maximum atomic E-state index is 12.5. The first-order chi connectivity index (χ1) is 10.9. The van der Waals surface area contributed by atoms with Crippen LogP contribution in [-0.2, 0) is 9.53 Å². The van der Waals surface area contributed by atoms with Gasteiger partial charge in [-0.05, 0) is 31.0 Å². The van der Waals surface area contributed by atoms with Gasteiger partial charge in [0.1, 0.15) is 11.6 Å². The number of hydrogen-bond acceptors (Lipinski definition) is 4. The normalized spacial score (nSPS) is 13.6. The van der Waals surface area contributed by atoms with Gasteiger partial charge in [0.2, 0.25) is 0 Å². The monoisotopic (exact) mass is 381 g/mol. The van der Waals surface area contributed by atoms with Crippen molar-refractivity contribution in [3.05, 3.63) is 34.0 Å². The standard InChI is InChI=1S/C17H20BrNO4/c1-5-9(2)14(17(21)22-4)19-16(20)15-10(3)12-8-11(18)6-7-13(12)23-15/h6-9,14H,5H2,1-4H3,(H,19,20). The van der Waals surface area contributed by atoms with Gasteiger partial charge in [-0.25, -0.2) is 4.79 Å². The molecule has 0 saturated carbocycles. The quantitative estimate of drug-likeness (QED) is 0.799. The molecule has 23 heavy (non-hydrogen) atoms. The number of carbonyl (C=O) groups is 2. The number of fused-ring (bicyclic) bond motifs is 1. The summed E-state index contributed by atoms with van der Waals surface area (Å²) in [6.45, 7) is 5.67. The van der Waals surface area contributed by atoms with Gasteiger partial charge >= 0.3 is 5.97 Å². The van der Waals surface area contributed by atoms with E-state index in [2.05, 4.69) is 21.2 Å². The van der Waals surface area contributed by atoms with Crippen molar-refractivity contribution in [2.75, 3.05) is 7.11 Å². The highest BCUT2D eigenvalue weighted by atomic mass is 79.9. The van der Waals surface area contributed by atoms with Crippen LogP contribution in [0.3, 0.4) is 0 Å². The number of amides is 1. The largest absolute Gasteiger partial charge is 0.467 e. The van der Waals surface area contributed by atoms with E-state index in [1.54, 1.807) is 6.07 Å². The van der Waals surface area contributed by atoms with E-state index in [-0.39, 0.29) is 11.7 Å². The number of rotatable bonds is 5. The lowest BCUT2D eigenvalue weighted by atomic mass is 9.99. The maximum absolute atomic E-state index is 12.5. The highest BCUT2D eigenvalue weighted by Gasteiger charge is 2.29. The second-order valence-corrected chi connectivity index (χ2v) is 6.47. The molecule has 6 heteroatoms. The number of aryl methyl sites for hydroxylation is 1. The van der Waals surface area contributed by atoms with Gasteiger partial charge in [-0.3, -0.25) is 4.79 Å². The van der Waals surface area contributed by atoms with Crippen molar-refractivity contribution in [2.24, 2.45) is 5.92 Å². The number of furan rings is 1. The highest BCUT2D eigenvalue weighted by Crippen LogP contribution is 2.28. The first kappa shape index (κ1) is 17.5. The fourth-order valence-electron chi connectivity index (χ4n) is 2.41. The average Bonchev–Trinajstić information content (AvgIpc) is 2.87. The van der Waals surface area contributed by atoms with E-state index in [1.807, 2.05) is 32.9 Å². The molecule has 0 bridgehead atoms. The lowest BCUT2D eigenvalue weighted by Crippen LogP contribution is -2.45. The van der Waals surface area contributed by atoms with E-state index in [9.17, 15) is 9.59 Å². The average molecular weight is 382 g/mol. The zero-order chi connectivity index (χ0) is 17.1. The lowest BCUT2D eigenvalue weighted by Gasteiger charge is -2.21. The van der Waals surface area contributed by atoms with Crippen molar-refractivity contribution in [3.8, 4) is 0 Å². The van der Waals surface area contributed by atoms with Crippen LogP contribution >= 0.6 is 15.9 Å². The first-order valence-corrected chi connectivity index (χ1v) is 8.25. The Morgan fingerprint density at radius 1 is 1.39 bits per heavy atom. The predicted octanol–water partition coefficient (Wildman–Crippen LogP) is 3.82. The Kier molecular flexibility index (Phi) is 5.46. The molecule has 2 atom stereocenters. The van der Waals surface area contributed by atoms with E-state index in [4.69, 9.17) is 9.15 Å². The lowest BCUT2D eigenvalue weighted by molar-refractivity contribution is -0.144. The molecule has 0 radical (unpaired) electrons. The fourth-order valence-corrected chi connectivity index (χ4v) is 2.77. The van der Waals surface area contributed by atoms with Crippen LogP contribution in [0.1, 0.15) is 36.4 Å². The Morgan fingerprint density at radius 2 is 2.09 bits per heavy atom. The topological polar surface area (TPSA) is 68.5 Å². The molecule has 0 aliphatic rings. The summed E-state index contributed by atoms with van der Waals surface area (Å²) in [7, 11) is 1.31. The molecule has 124 valence electrons. The van der Waals surface area contributed by atoms with Crippen LogP contribution in [0.4, 0.5) is 0 Å². The number of carbonyl (C=O) groups excluding carboxylic acids is 2. The van der Waals surface area contributed by atoms with Crippen molar-refractivity contribution in [3.63, 3.8) is 0 Å². The third kappa shape index (κ3) is 3.58. The van der Waals surface area contributed by atoms with Crippen LogP contribution in [0, 0.1) is 12.8 Å². The van der Waals surface area contributed by atoms with Gasteiger partial charge in [0.05, 0.1) is 7.11 Å². The van der Waals surface area contributed by atoms with Gasteiger partial charge in [-0.15, -0.1) is 0 Å². The first-order valence-electron chi connectivity index (χ1n) is 7.46. The minimum Gasteiger partial charge on any atom is -0.467 e. The van der Waals surface area contributed by atoms with Crippen molar-refractivity contribution in [1.82, 2.24) is 5.32 Å². The van der Waals surface area contributed by atoms with Gasteiger partial charge in [0.15, 0.2) is 5.76 Å². The molecular formula is C17H20BrNO4. The van der Waals surface area contributed by atoms with Crippen molar-refractivity contribution in [2.45, 2.75) is 33.2 Å². The Morgan fingerprint density at radius 3 is 2.70 bits per heavy atom. The van der Waals surface area contributed by atoms with Crippen molar-refractivity contribution < 1.29 is 18.7 Å². The SMILES string of the molecule is CCC(C)C(NC(=O)c1oc2ccc(Br)cc2c1C)C(=O)OC. The molecule has 2 rings (SSSR count). The summed E-state index contributed by atoms with van der Waals surface area (Å²) >= 11 is 3.41. The number of hydrogen-bond donors (Lipinski definition) is 1. The molecular weight excluding hydrogens is 362 g/mol. The number of methoxy groups -OCH3 is 1. The summed E-state index contributed by atoms with van der Waals surface area (Å²) in [5, 5.41) is 3.60. The number of halogens is 1. The summed E-state index contributed by atoms with van der Waals surface area (Å²) in [4.78, 5) is 24.5. The molecule has 0 spiro atoms. The van der Waals surface area contributed by atoms with Crippen LogP contribution < -0.4 is 5.32 Å². The van der Waals surface area contributed by atoms with Gasteiger partial charge < -0.3 is 14.5 Å². The van der Waals surface area contributed by atoms with Crippen LogP contribution in [-0.4, -0.2) is 25.0 Å². The summed E-state index contributed by atoms with van der Waals surface area (Å²) in [5.74, 6) is -0.685. The Bertz CT molecular complexity index is 738. The van der Waals surface area contributed by atoms with Gasteiger partial charge in [0, 0.05) is 15.4 Å². The molecule has 1 aromatic carbocycles. The molecule has 5 nitrogen and oxygen atoms in total. The number of benzene rings is 1. The minimum atomic E-state index is -0.697. The zero-order valence-electron chi connectivity index (χ0n) is 13.6. The second-order valence-electron chi connectivity index (χ2n) is 5.56. The summed E-state index contributed by atoms with van der Waals surface area (Å²) in [6.07, 6.45) is 0.742. The smallest absolute Gasteiger partial charge is 0.328 e. The van der Waals surface area contributed by atoms with Crippen molar-refractivity contribution in [1.29, 1.82) is 0 Å². The van der Waals surface area contributed by atoms with E-state index < -0.39 is 17.9 Å². The predicted molar refractivity (Wildman–Crippen MR) is 91.4 cm³/mol. The molecule has 1 N–H and O–H groups in total. The van der Waals surface area contributed by atoms with E-state index in [0.29, 0.717) is 5.58 Å². The summed E-state index contributed by atoms with van der Waals surface area (Å²) in [6, 6.07) is 4.85. The molecule has 0 saturated heterocycles. The maximum Gasteiger partial charge on any atom is 0.328 e. The molecule has 1 amide bonds. The van der Waals surface area contributed by atoms with Crippen LogP contribution in [0.15, 0.2) is 27.1 Å². The van der Waals surface area contributed by atoms with Gasteiger partial charge in [-0.1, -0.05) is 36.2 Å². The third-order valence-electron chi connectivity index (χ3n) is 4.06. The number of esters is 1. The second kappa shape index (κ2) is 7.17. The molecule has 1 heterocycles. The Balaban J connectivity index is 2.32. The van der Waals surface area contributed by atoms with Gasteiger partial charge in [-0.2, -0.15) is 0 Å². The third-order valence-corrected chi connectivity index (χ3v) is 4.55. The number of ether oxygens (including phenoxy) is 1.